The van der Waals surface area contributed by atoms with E-state index in [1.165, 1.54) is 12.1 Å². The van der Waals surface area contributed by atoms with Crippen molar-refractivity contribution in [2.45, 2.75) is 19.4 Å². The number of hydrogen-bond donors (Lipinski definition) is 2. The lowest BCUT2D eigenvalue weighted by molar-refractivity contribution is -0.682. The number of halogens is 1. The summed E-state index contributed by atoms with van der Waals surface area (Å²) in [6, 6.07) is 21.4. The molecule has 3 N–H and O–H groups in total. The Balaban J connectivity index is 1.74. The number of aryl methyl sites for hydroxylation is 1. The number of nitrogens with two attached hydrogens (primary N) is 1. The Labute approximate surface area is 170 Å². The molecule has 0 unspecified atom stereocenters. The molecule has 3 rings (SSSR count). The van der Waals surface area contributed by atoms with Gasteiger partial charge < -0.3 is 15.4 Å². The van der Waals surface area contributed by atoms with Crippen LogP contribution in [0.1, 0.15) is 22.7 Å². The Morgan fingerprint density at radius 1 is 1.07 bits per heavy atom. The monoisotopic (exact) mass is 393 g/mol. The Morgan fingerprint density at radius 3 is 2.48 bits per heavy atom. The molecule has 0 saturated carbocycles. The maximum Gasteiger partial charge on any atom is 0.287 e. The van der Waals surface area contributed by atoms with E-state index in [0.717, 1.165) is 23.1 Å². The van der Waals surface area contributed by atoms with Gasteiger partial charge in [-0.2, -0.15) is 0 Å². The molecule has 0 heterocycles. The van der Waals surface area contributed by atoms with Gasteiger partial charge in [0.15, 0.2) is 6.04 Å². The summed E-state index contributed by atoms with van der Waals surface area (Å²) in [5.74, 6) is 0.271. The predicted octanol–water partition coefficient (Wildman–Crippen LogP) is 3.63. The Kier molecular flexibility index (Phi) is 6.98. The Bertz CT molecular complexity index is 943. The molecule has 0 bridgehead atoms. The zero-order valence-electron chi connectivity index (χ0n) is 16.7. The van der Waals surface area contributed by atoms with Crippen LogP contribution in [0.25, 0.3) is 0 Å². The predicted molar refractivity (Wildman–Crippen MR) is 112 cm³/mol. The molecule has 0 aliphatic rings. The summed E-state index contributed by atoms with van der Waals surface area (Å²) >= 11 is 0. The van der Waals surface area contributed by atoms with Crippen molar-refractivity contribution in [1.82, 2.24) is 0 Å². The van der Waals surface area contributed by atoms with E-state index in [1.807, 2.05) is 60.8 Å². The third kappa shape index (κ3) is 5.65. The first-order chi connectivity index (χ1) is 14.1. The Morgan fingerprint density at radius 2 is 1.79 bits per heavy atom. The zero-order chi connectivity index (χ0) is 20.6. The maximum absolute atomic E-state index is 13.1. The molecule has 0 spiro atoms. The van der Waals surface area contributed by atoms with Gasteiger partial charge in [0.1, 0.15) is 11.6 Å². The van der Waals surface area contributed by atoms with Crippen LogP contribution in [0.15, 0.2) is 72.8 Å². The molecule has 0 aliphatic heterocycles. The summed E-state index contributed by atoms with van der Waals surface area (Å²) in [4.78, 5) is 13.1. The lowest BCUT2D eigenvalue weighted by atomic mass is 10.0. The van der Waals surface area contributed by atoms with Crippen molar-refractivity contribution in [3.05, 3.63) is 95.3 Å². The number of carbonyl (C=O) groups is 1. The number of hydrogen-bond acceptors (Lipinski definition) is 2. The second-order valence-corrected chi connectivity index (χ2v) is 6.98. The van der Waals surface area contributed by atoms with Gasteiger partial charge in [0.2, 0.25) is 0 Å². The molecule has 4 nitrogen and oxygen atoms in total. The van der Waals surface area contributed by atoms with Crippen LogP contribution in [0.3, 0.4) is 0 Å². The smallest absolute Gasteiger partial charge is 0.287 e. The highest BCUT2D eigenvalue weighted by Gasteiger charge is 2.24. The molecule has 3 aromatic carbocycles. The highest BCUT2D eigenvalue weighted by molar-refractivity contribution is 5.95. The fourth-order valence-corrected chi connectivity index (χ4v) is 3.25. The molecule has 29 heavy (non-hydrogen) atoms. The minimum absolute atomic E-state index is 0.112. The Hall–Kier alpha value is -3.18. The summed E-state index contributed by atoms with van der Waals surface area (Å²) in [5.41, 5.74) is 3.66. The molecule has 0 radical (unpaired) electrons. The van der Waals surface area contributed by atoms with Crippen molar-refractivity contribution >= 4 is 11.6 Å². The first-order valence-electron chi connectivity index (χ1n) is 9.65. The van der Waals surface area contributed by atoms with Gasteiger partial charge in [0, 0.05) is 12.0 Å². The normalized spacial score (nSPS) is 11.7. The van der Waals surface area contributed by atoms with Crippen molar-refractivity contribution < 1.29 is 19.2 Å². The first-order valence-corrected chi connectivity index (χ1v) is 9.65. The number of benzene rings is 3. The van der Waals surface area contributed by atoms with Crippen LogP contribution in [0.2, 0.25) is 0 Å². The highest BCUT2D eigenvalue weighted by atomic mass is 19.1. The molecule has 5 heteroatoms. The number of carbonyl (C=O) groups excluding carboxylic acids is 1. The van der Waals surface area contributed by atoms with Gasteiger partial charge in [-0.05, 0) is 42.3 Å². The van der Waals surface area contributed by atoms with E-state index in [2.05, 4.69) is 5.32 Å². The molecular weight excluding hydrogens is 367 g/mol. The zero-order valence-corrected chi connectivity index (χ0v) is 16.7. The van der Waals surface area contributed by atoms with Crippen LogP contribution in [0.5, 0.6) is 5.75 Å². The van der Waals surface area contributed by atoms with Crippen LogP contribution in [-0.4, -0.2) is 19.6 Å². The molecule has 0 aliphatic carbocycles. The lowest BCUT2D eigenvalue weighted by Crippen LogP contribution is -2.87. The largest absolute Gasteiger partial charge is 0.495 e. The van der Waals surface area contributed by atoms with Crippen LogP contribution >= 0.6 is 0 Å². The van der Waals surface area contributed by atoms with Crippen molar-refractivity contribution in [1.29, 1.82) is 0 Å². The van der Waals surface area contributed by atoms with Gasteiger partial charge >= 0.3 is 0 Å². The molecule has 0 saturated heterocycles. The standard InChI is InChI=1S/C24H25FN2O2/c1-17-8-13-22(29-2)21(16-17)27-24(28)23(19-6-4-3-5-7-19)26-15-14-18-9-11-20(25)12-10-18/h3-13,16,23,26H,14-15H2,1-2H3,(H,27,28)/p+1/t23-/m1/s1. The number of anilines is 1. The second-order valence-electron chi connectivity index (χ2n) is 6.98. The third-order valence-corrected chi connectivity index (χ3v) is 4.80. The van der Waals surface area contributed by atoms with Crippen LogP contribution in [0, 0.1) is 12.7 Å². The summed E-state index contributed by atoms with van der Waals surface area (Å²) in [6.45, 7) is 2.67. The van der Waals surface area contributed by atoms with Crippen molar-refractivity contribution in [3.63, 3.8) is 0 Å². The van der Waals surface area contributed by atoms with Gasteiger partial charge in [-0.3, -0.25) is 4.79 Å². The van der Waals surface area contributed by atoms with E-state index in [1.54, 1.807) is 19.2 Å². The van der Waals surface area contributed by atoms with Crippen LogP contribution < -0.4 is 15.4 Å². The number of ether oxygens (including phenoxy) is 1. The van der Waals surface area contributed by atoms with E-state index < -0.39 is 6.04 Å². The lowest BCUT2D eigenvalue weighted by Gasteiger charge is -2.17. The summed E-state index contributed by atoms with van der Waals surface area (Å²) < 4.78 is 18.5. The quantitative estimate of drug-likeness (QED) is 0.614. The molecule has 0 fully saturated rings. The molecule has 1 atom stereocenters. The van der Waals surface area contributed by atoms with E-state index >= 15 is 0 Å². The fourth-order valence-electron chi connectivity index (χ4n) is 3.25. The van der Waals surface area contributed by atoms with Crippen LogP contribution in [-0.2, 0) is 11.2 Å². The number of amides is 1. The van der Waals surface area contributed by atoms with Gasteiger partial charge in [0.25, 0.3) is 5.91 Å². The van der Waals surface area contributed by atoms with Gasteiger partial charge in [0.05, 0.1) is 19.3 Å². The fraction of sp³-hybridized carbons (Fsp3) is 0.208. The van der Waals surface area contributed by atoms with E-state index in [9.17, 15) is 9.18 Å². The van der Waals surface area contributed by atoms with Gasteiger partial charge in [-0.25, -0.2) is 4.39 Å². The van der Waals surface area contributed by atoms with Crippen molar-refractivity contribution in [2.24, 2.45) is 0 Å². The topological polar surface area (TPSA) is 54.9 Å². The van der Waals surface area contributed by atoms with E-state index in [-0.39, 0.29) is 11.7 Å². The average Bonchev–Trinajstić information content (AvgIpc) is 2.73. The van der Waals surface area contributed by atoms with Crippen molar-refractivity contribution in [2.75, 3.05) is 19.0 Å². The summed E-state index contributed by atoms with van der Waals surface area (Å²) in [5, 5.41) is 5.02. The van der Waals surface area contributed by atoms with Gasteiger partial charge in [-0.1, -0.05) is 48.5 Å². The first kappa shape index (κ1) is 20.6. The minimum atomic E-state index is -0.401. The summed E-state index contributed by atoms with van der Waals surface area (Å²) in [6.07, 6.45) is 0.741. The van der Waals surface area contributed by atoms with Crippen LogP contribution in [0.4, 0.5) is 10.1 Å². The molecule has 1 amide bonds. The minimum Gasteiger partial charge on any atom is -0.495 e. The highest BCUT2D eigenvalue weighted by Crippen LogP contribution is 2.26. The van der Waals surface area contributed by atoms with Crippen molar-refractivity contribution in [3.8, 4) is 5.75 Å². The van der Waals surface area contributed by atoms with E-state index in [4.69, 9.17) is 4.74 Å². The summed E-state index contributed by atoms with van der Waals surface area (Å²) in [7, 11) is 1.59. The maximum atomic E-state index is 13.1. The van der Waals surface area contributed by atoms with E-state index in [0.29, 0.717) is 18.0 Å². The SMILES string of the molecule is COc1ccc(C)cc1NC(=O)[C@H]([NH2+]CCc1ccc(F)cc1)c1ccccc1. The third-order valence-electron chi connectivity index (χ3n) is 4.80. The van der Waals surface area contributed by atoms with Gasteiger partial charge in [-0.15, -0.1) is 0 Å². The number of quaternary nitrogens is 1. The molecular formula is C24H26FN2O2+. The molecule has 0 aromatic heterocycles. The number of methoxy groups -OCH3 is 1. The number of rotatable bonds is 8. The average molecular weight is 393 g/mol. The number of nitrogens with one attached hydrogen (secondary N) is 1. The second kappa shape index (κ2) is 9.85. The molecule has 150 valence electrons. The molecule has 3 aromatic rings.